The molecular weight excluding hydrogens is 496 g/mol. The molecule has 39 heavy (non-hydrogen) atoms. The zero-order valence-corrected chi connectivity index (χ0v) is 24.1. The highest BCUT2D eigenvalue weighted by molar-refractivity contribution is 4.78. The van der Waals surface area contributed by atoms with Gasteiger partial charge in [0.2, 0.25) is 0 Å². The van der Waals surface area contributed by atoms with E-state index in [1.165, 1.54) is 6.42 Å². The van der Waals surface area contributed by atoms with Crippen molar-refractivity contribution in [3.05, 3.63) is 0 Å². The van der Waals surface area contributed by atoms with Gasteiger partial charge in [0, 0.05) is 92.1 Å². The van der Waals surface area contributed by atoms with Gasteiger partial charge in [0.1, 0.15) is 0 Å². The zero-order chi connectivity index (χ0) is 26.3. The lowest BCUT2D eigenvalue weighted by Gasteiger charge is -2.50. The molecular formula is C25H54N14. The molecule has 14 heteroatoms. The van der Waals surface area contributed by atoms with Crippen molar-refractivity contribution in [3.8, 4) is 0 Å². The molecule has 8 rings (SSSR count). The van der Waals surface area contributed by atoms with Gasteiger partial charge in [-0.05, 0) is 6.42 Å². The Morgan fingerprint density at radius 2 is 0.590 bits per heavy atom. The molecule has 8 heterocycles. The van der Waals surface area contributed by atoms with Gasteiger partial charge in [-0.1, -0.05) is 0 Å². The highest BCUT2D eigenvalue weighted by Gasteiger charge is 2.31. The number of fused-ring (bicyclic) bond motifs is 16. The molecule has 0 aromatic rings. The van der Waals surface area contributed by atoms with Crippen molar-refractivity contribution in [1.29, 1.82) is 0 Å². The first-order chi connectivity index (χ1) is 19.2. The van der Waals surface area contributed by atoms with Crippen LogP contribution in [-0.4, -0.2) is 208 Å². The van der Waals surface area contributed by atoms with Crippen molar-refractivity contribution in [1.82, 2.24) is 70.3 Å². The molecule has 8 bridgehead atoms. The first-order valence-electron chi connectivity index (χ1n) is 15.3. The highest BCUT2D eigenvalue weighted by atomic mass is 15.6. The van der Waals surface area contributed by atoms with E-state index >= 15 is 0 Å². The van der Waals surface area contributed by atoms with Gasteiger partial charge in [-0.25, -0.2) is 0 Å². The first kappa shape index (κ1) is 28.6. The third kappa shape index (κ3) is 8.72. The molecule has 8 aliphatic heterocycles. The van der Waals surface area contributed by atoms with Gasteiger partial charge in [0.25, 0.3) is 0 Å². The minimum Gasteiger partial charge on any atom is -0.303 e. The maximum atomic E-state index is 3.73. The summed E-state index contributed by atoms with van der Waals surface area (Å²) in [5, 5.41) is 14.9. The number of nitrogens with zero attached hydrogens (tertiary/aromatic N) is 10. The maximum Gasteiger partial charge on any atom is 0.0555 e. The molecule has 0 aromatic carbocycles. The second kappa shape index (κ2) is 14.6. The van der Waals surface area contributed by atoms with E-state index in [2.05, 4.69) is 70.3 Å². The van der Waals surface area contributed by atoms with Gasteiger partial charge in [-0.15, -0.1) is 0 Å². The molecule has 0 unspecified atom stereocenters. The van der Waals surface area contributed by atoms with E-state index in [1.54, 1.807) is 0 Å². The number of nitrogens with one attached hydrogen (secondary N) is 4. The molecule has 224 valence electrons. The Kier molecular flexibility index (Phi) is 10.7. The van der Waals surface area contributed by atoms with Crippen molar-refractivity contribution in [2.24, 2.45) is 0 Å². The van der Waals surface area contributed by atoms with Crippen molar-refractivity contribution in [2.45, 2.75) is 6.42 Å². The Morgan fingerprint density at radius 1 is 0.333 bits per heavy atom. The summed E-state index contributed by atoms with van der Waals surface area (Å²) in [6.45, 7) is 25.7. The molecule has 0 aliphatic carbocycles. The van der Waals surface area contributed by atoms with Gasteiger partial charge < -0.3 is 21.3 Å². The van der Waals surface area contributed by atoms with Gasteiger partial charge in [0.15, 0.2) is 0 Å². The summed E-state index contributed by atoms with van der Waals surface area (Å²) in [5.74, 6) is 0. The summed E-state index contributed by atoms with van der Waals surface area (Å²) < 4.78 is 0. The van der Waals surface area contributed by atoms with Crippen LogP contribution < -0.4 is 21.3 Å². The quantitative estimate of drug-likeness (QED) is 0.277. The van der Waals surface area contributed by atoms with Crippen LogP contribution in [0.25, 0.3) is 0 Å². The Hall–Kier alpha value is -0.560. The second-order valence-corrected chi connectivity index (χ2v) is 12.5. The fourth-order valence-corrected chi connectivity index (χ4v) is 6.95. The summed E-state index contributed by atoms with van der Waals surface area (Å²) in [6, 6.07) is 0. The van der Waals surface area contributed by atoms with Crippen LogP contribution in [0.15, 0.2) is 0 Å². The lowest BCUT2D eigenvalue weighted by atomic mass is 10.3. The van der Waals surface area contributed by atoms with Crippen LogP contribution in [0.2, 0.25) is 0 Å². The van der Waals surface area contributed by atoms with Crippen LogP contribution in [0.1, 0.15) is 6.42 Å². The summed E-state index contributed by atoms with van der Waals surface area (Å²) >= 11 is 0. The van der Waals surface area contributed by atoms with E-state index in [1.807, 2.05) is 0 Å². The predicted molar refractivity (Wildman–Crippen MR) is 152 cm³/mol. The first-order valence-corrected chi connectivity index (χ1v) is 15.3. The topological polar surface area (TPSA) is 80.5 Å². The Morgan fingerprint density at radius 3 is 0.872 bits per heavy atom. The van der Waals surface area contributed by atoms with Crippen molar-refractivity contribution < 1.29 is 0 Å². The van der Waals surface area contributed by atoms with Gasteiger partial charge >= 0.3 is 0 Å². The van der Waals surface area contributed by atoms with Gasteiger partial charge in [-0.2, -0.15) is 0 Å². The Balaban J connectivity index is 0.937. The Bertz CT molecular complexity index is 597. The van der Waals surface area contributed by atoms with E-state index in [0.29, 0.717) is 0 Å². The van der Waals surface area contributed by atoms with E-state index in [-0.39, 0.29) is 0 Å². The minimum absolute atomic E-state index is 0.953. The van der Waals surface area contributed by atoms with Crippen LogP contribution in [0, 0.1) is 0 Å². The van der Waals surface area contributed by atoms with Crippen molar-refractivity contribution >= 4 is 0 Å². The number of rotatable bonds is 4. The molecule has 0 amide bonds. The summed E-state index contributed by atoms with van der Waals surface area (Å²) in [6.07, 6.45) is 1.18. The molecule has 0 aromatic heterocycles. The maximum absolute atomic E-state index is 3.73. The molecule has 8 fully saturated rings. The average Bonchev–Trinajstić information content (AvgIpc) is 2.91. The molecule has 0 saturated carbocycles. The van der Waals surface area contributed by atoms with Crippen LogP contribution in [0.5, 0.6) is 0 Å². The zero-order valence-electron chi connectivity index (χ0n) is 24.1. The fraction of sp³-hybridized carbons (Fsp3) is 1.00. The molecule has 4 N–H and O–H groups in total. The van der Waals surface area contributed by atoms with Crippen LogP contribution in [-0.2, 0) is 0 Å². The summed E-state index contributed by atoms with van der Waals surface area (Å²) in [5.41, 5.74) is 0. The highest BCUT2D eigenvalue weighted by Crippen LogP contribution is 2.15. The van der Waals surface area contributed by atoms with E-state index < -0.39 is 0 Å². The van der Waals surface area contributed by atoms with Crippen LogP contribution in [0.4, 0.5) is 0 Å². The van der Waals surface area contributed by atoms with Crippen molar-refractivity contribution in [2.75, 3.05) is 159 Å². The molecule has 0 atom stereocenters. The standard InChI is InChI=1S/C25H54N14/c1(6-30-12-26-2-8-32-16-36-18-33(9-3-27-13-30)19-37(17-32)24-36)7-31-14-28-4-10-34-20-38-22-35(11-5-29-15-31)23-39(21-34)25-38/h26-29H,1-25H2. The second-order valence-electron chi connectivity index (χ2n) is 12.5. The van der Waals surface area contributed by atoms with Crippen LogP contribution in [0.3, 0.4) is 0 Å². The molecule has 0 spiro atoms. The fourth-order valence-electron chi connectivity index (χ4n) is 6.95. The van der Waals surface area contributed by atoms with E-state index in [4.69, 9.17) is 0 Å². The predicted octanol–water partition coefficient (Wildman–Crippen LogP) is -3.76. The average molecular weight is 551 g/mol. The summed E-state index contributed by atoms with van der Waals surface area (Å²) in [4.78, 5) is 25.7. The normalized spacial score (nSPS) is 41.8. The third-order valence-electron chi connectivity index (χ3n) is 8.71. The molecule has 14 nitrogen and oxygen atoms in total. The molecule has 8 aliphatic rings. The molecule has 8 saturated heterocycles. The van der Waals surface area contributed by atoms with Gasteiger partial charge in [0.05, 0.1) is 66.7 Å². The molecule has 0 radical (unpaired) electrons. The smallest absolute Gasteiger partial charge is 0.0555 e. The largest absolute Gasteiger partial charge is 0.303 e. The van der Waals surface area contributed by atoms with Gasteiger partial charge in [-0.3, -0.25) is 49.0 Å². The summed E-state index contributed by atoms with van der Waals surface area (Å²) in [7, 11) is 0. The van der Waals surface area contributed by atoms with Crippen LogP contribution >= 0.6 is 0 Å². The number of hydrogen-bond acceptors (Lipinski definition) is 14. The lowest BCUT2D eigenvalue weighted by Crippen LogP contribution is -2.65. The third-order valence-corrected chi connectivity index (χ3v) is 8.71. The Labute approximate surface area is 235 Å². The SMILES string of the molecule is C(CN1CNCCN2CN3CN(CCNC1)CN(C2)C3)CN1CNCCN2CN3CN(CCNC1)CN(C2)C3. The lowest BCUT2D eigenvalue weighted by molar-refractivity contribution is -0.119. The number of hydrogen-bond donors (Lipinski definition) is 4. The minimum atomic E-state index is 0.953. The van der Waals surface area contributed by atoms with E-state index in [0.717, 1.165) is 159 Å². The monoisotopic (exact) mass is 550 g/mol. The van der Waals surface area contributed by atoms with E-state index in [9.17, 15) is 0 Å². The van der Waals surface area contributed by atoms with Crippen molar-refractivity contribution in [3.63, 3.8) is 0 Å².